The number of carbonyl (C=O) groups excluding carboxylic acids is 3. The number of amides is 2. The molecule has 2 rings (SSSR count). The summed E-state index contributed by atoms with van der Waals surface area (Å²) in [6.45, 7) is 6.63. The number of hydrogen-bond donors (Lipinski definition) is 1. The summed E-state index contributed by atoms with van der Waals surface area (Å²) in [6, 6.07) is 5.01. The molecular formula is C19H23ClN2O5. The van der Waals surface area contributed by atoms with Crippen molar-refractivity contribution in [3.05, 3.63) is 34.5 Å². The Labute approximate surface area is 162 Å². The van der Waals surface area contributed by atoms with E-state index in [1.54, 1.807) is 25.1 Å². The number of fused-ring (bicyclic) bond motifs is 1. The zero-order valence-electron chi connectivity index (χ0n) is 16.0. The van der Waals surface area contributed by atoms with Gasteiger partial charge in [-0.05, 0) is 45.9 Å². The van der Waals surface area contributed by atoms with Gasteiger partial charge in [0.05, 0.1) is 6.54 Å². The van der Waals surface area contributed by atoms with Crippen LogP contribution in [0, 0.1) is 6.92 Å². The lowest BCUT2D eigenvalue weighted by Crippen LogP contribution is -2.46. The first kappa shape index (κ1) is 20.8. The maximum atomic E-state index is 12.3. The Morgan fingerprint density at radius 3 is 2.56 bits per heavy atom. The molecule has 0 radical (unpaired) electrons. The zero-order chi connectivity index (χ0) is 20.4. The topological polar surface area (TPSA) is 88.9 Å². The molecule has 0 bridgehead atoms. The number of carbonyl (C=O) groups is 3. The van der Waals surface area contributed by atoms with Gasteiger partial charge >= 0.3 is 5.97 Å². The van der Waals surface area contributed by atoms with Gasteiger partial charge in [-0.3, -0.25) is 9.59 Å². The van der Waals surface area contributed by atoms with Crippen LogP contribution in [0.3, 0.4) is 0 Å². The van der Waals surface area contributed by atoms with Crippen LogP contribution >= 0.6 is 11.6 Å². The Morgan fingerprint density at radius 2 is 1.93 bits per heavy atom. The largest absolute Gasteiger partial charge is 0.450 e. The fourth-order valence-corrected chi connectivity index (χ4v) is 2.62. The highest BCUT2D eigenvalue weighted by atomic mass is 35.5. The van der Waals surface area contributed by atoms with Crippen LogP contribution in [0.15, 0.2) is 22.6 Å². The highest BCUT2D eigenvalue weighted by molar-refractivity contribution is 6.31. The number of ether oxygens (including phenoxy) is 1. The van der Waals surface area contributed by atoms with Gasteiger partial charge < -0.3 is 19.4 Å². The summed E-state index contributed by atoms with van der Waals surface area (Å²) in [4.78, 5) is 37.4. The van der Waals surface area contributed by atoms with Crippen LogP contribution in [-0.2, 0) is 14.3 Å². The zero-order valence-corrected chi connectivity index (χ0v) is 16.8. The van der Waals surface area contributed by atoms with E-state index < -0.39 is 24.0 Å². The first-order chi connectivity index (χ1) is 12.5. The average Bonchev–Trinajstić information content (AvgIpc) is 2.87. The molecule has 0 spiro atoms. The minimum absolute atomic E-state index is 0.0215. The average molecular weight is 395 g/mol. The second-order valence-electron chi connectivity index (χ2n) is 7.32. The summed E-state index contributed by atoms with van der Waals surface area (Å²) in [7, 11) is 1.47. The molecule has 1 N–H and O–H groups in total. The molecule has 2 amide bonds. The number of benzene rings is 1. The van der Waals surface area contributed by atoms with Crippen molar-refractivity contribution < 1.29 is 23.5 Å². The molecule has 1 aromatic heterocycles. The first-order valence-corrected chi connectivity index (χ1v) is 8.76. The lowest BCUT2D eigenvalue weighted by atomic mass is 10.1. The third-order valence-electron chi connectivity index (χ3n) is 3.73. The third kappa shape index (κ3) is 5.47. The molecule has 0 aliphatic rings. The molecule has 0 saturated carbocycles. The normalized spacial score (nSPS) is 11.3. The molecule has 27 heavy (non-hydrogen) atoms. The van der Waals surface area contributed by atoms with Gasteiger partial charge in [0.1, 0.15) is 5.58 Å². The van der Waals surface area contributed by atoms with Crippen LogP contribution < -0.4 is 5.32 Å². The number of nitrogens with zero attached hydrogens (tertiary/aromatic N) is 1. The summed E-state index contributed by atoms with van der Waals surface area (Å²) >= 11 is 5.96. The predicted molar refractivity (Wildman–Crippen MR) is 102 cm³/mol. The van der Waals surface area contributed by atoms with Crippen molar-refractivity contribution in [2.75, 3.05) is 20.2 Å². The van der Waals surface area contributed by atoms with E-state index in [9.17, 15) is 14.4 Å². The number of furan rings is 1. The van der Waals surface area contributed by atoms with Crippen molar-refractivity contribution >= 4 is 40.4 Å². The van der Waals surface area contributed by atoms with Gasteiger partial charge in [0.25, 0.3) is 5.91 Å². The standard InChI is InChI=1S/C19H23ClN2O5/c1-11-13-8-12(20)6-7-14(13)27-17(11)18(25)26-10-16(24)22(5)9-15(23)21-19(2,3)4/h6-8H,9-10H2,1-5H3,(H,21,23). The number of esters is 1. The first-order valence-electron chi connectivity index (χ1n) is 8.38. The van der Waals surface area contributed by atoms with Crippen molar-refractivity contribution in [1.29, 1.82) is 0 Å². The number of rotatable bonds is 5. The van der Waals surface area contributed by atoms with Crippen LogP contribution in [0.1, 0.15) is 36.9 Å². The molecule has 7 nitrogen and oxygen atoms in total. The SMILES string of the molecule is Cc1c(C(=O)OCC(=O)N(C)CC(=O)NC(C)(C)C)oc2ccc(Cl)cc12. The fourth-order valence-electron chi connectivity index (χ4n) is 2.45. The lowest BCUT2D eigenvalue weighted by Gasteiger charge is -2.23. The van der Waals surface area contributed by atoms with Gasteiger partial charge in [-0.25, -0.2) is 4.79 Å². The van der Waals surface area contributed by atoms with Gasteiger partial charge in [-0.1, -0.05) is 11.6 Å². The Bertz CT molecular complexity index is 882. The number of hydrogen-bond acceptors (Lipinski definition) is 5. The summed E-state index contributed by atoms with van der Waals surface area (Å²) in [5, 5.41) is 3.99. The number of nitrogens with one attached hydrogen (secondary N) is 1. The molecule has 0 unspecified atom stereocenters. The van der Waals surface area contributed by atoms with Gasteiger partial charge in [-0.15, -0.1) is 0 Å². The molecular weight excluding hydrogens is 372 g/mol. The third-order valence-corrected chi connectivity index (χ3v) is 3.97. The molecule has 0 aliphatic carbocycles. The molecule has 0 aliphatic heterocycles. The Morgan fingerprint density at radius 1 is 1.26 bits per heavy atom. The van der Waals surface area contributed by atoms with E-state index in [0.29, 0.717) is 21.6 Å². The van der Waals surface area contributed by atoms with Crippen molar-refractivity contribution in [1.82, 2.24) is 10.2 Å². The fraction of sp³-hybridized carbons (Fsp3) is 0.421. The maximum Gasteiger partial charge on any atom is 0.375 e. The minimum Gasteiger partial charge on any atom is -0.450 e. The van der Waals surface area contributed by atoms with Crippen molar-refractivity contribution in [2.24, 2.45) is 0 Å². The van der Waals surface area contributed by atoms with E-state index in [2.05, 4.69) is 5.32 Å². The second-order valence-corrected chi connectivity index (χ2v) is 7.76. The molecule has 2 aromatic rings. The second kappa shape index (κ2) is 8.00. The quantitative estimate of drug-likeness (QED) is 0.787. The van der Waals surface area contributed by atoms with Gasteiger partial charge in [-0.2, -0.15) is 0 Å². The molecule has 1 heterocycles. The predicted octanol–water partition coefficient (Wildman–Crippen LogP) is 2.92. The van der Waals surface area contributed by atoms with Crippen LogP contribution in [0.2, 0.25) is 5.02 Å². The molecule has 0 atom stereocenters. The van der Waals surface area contributed by atoms with E-state index >= 15 is 0 Å². The van der Waals surface area contributed by atoms with Crippen LogP contribution in [-0.4, -0.2) is 48.4 Å². The van der Waals surface area contributed by atoms with Crippen LogP contribution in [0.4, 0.5) is 0 Å². The van der Waals surface area contributed by atoms with Crippen LogP contribution in [0.25, 0.3) is 11.0 Å². The molecule has 0 fully saturated rings. The van der Waals surface area contributed by atoms with Crippen molar-refractivity contribution in [2.45, 2.75) is 33.2 Å². The summed E-state index contributed by atoms with van der Waals surface area (Å²) in [6.07, 6.45) is 0. The number of halogens is 1. The van der Waals surface area contributed by atoms with Gasteiger partial charge in [0.15, 0.2) is 6.61 Å². The lowest BCUT2D eigenvalue weighted by molar-refractivity contribution is -0.137. The Hall–Kier alpha value is -2.54. The summed E-state index contributed by atoms with van der Waals surface area (Å²) in [5.41, 5.74) is 0.698. The molecule has 146 valence electrons. The minimum atomic E-state index is -0.749. The summed E-state index contributed by atoms with van der Waals surface area (Å²) in [5.74, 6) is -1.52. The highest BCUT2D eigenvalue weighted by Gasteiger charge is 2.22. The van der Waals surface area contributed by atoms with E-state index in [1.165, 1.54) is 11.9 Å². The van der Waals surface area contributed by atoms with Gasteiger partial charge in [0, 0.05) is 28.6 Å². The van der Waals surface area contributed by atoms with Crippen LogP contribution in [0.5, 0.6) is 0 Å². The Kier molecular flexibility index (Phi) is 6.15. The monoisotopic (exact) mass is 394 g/mol. The van der Waals surface area contributed by atoms with Crippen molar-refractivity contribution in [3.8, 4) is 0 Å². The van der Waals surface area contributed by atoms with E-state index in [-0.39, 0.29) is 18.2 Å². The summed E-state index contributed by atoms with van der Waals surface area (Å²) < 4.78 is 10.6. The van der Waals surface area contributed by atoms with E-state index in [4.69, 9.17) is 20.8 Å². The van der Waals surface area contributed by atoms with Crippen molar-refractivity contribution in [3.63, 3.8) is 0 Å². The molecule has 0 saturated heterocycles. The number of likely N-dealkylation sites (N-methyl/N-ethyl adjacent to an activating group) is 1. The maximum absolute atomic E-state index is 12.3. The Balaban J connectivity index is 1.96. The molecule has 1 aromatic carbocycles. The van der Waals surface area contributed by atoms with Gasteiger partial charge in [0.2, 0.25) is 11.7 Å². The van der Waals surface area contributed by atoms with E-state index in [0.717, 1.165) is 0 Å². The smallest absolute Gasteiger partial charge is 0.375 e. The number of aryl methyl sites for hydroxylation is 1. The molecule has 8 heteroatoms. The van der Waals surface area contributed by atoms with E-state index in [1.807, 2.05) is 20.8 Å². The highest BCUT2D eigenvalue weighted by Crippen LogP contribution is 2.28.